The Labute approximate surface area is 164 Å². The van der Waals surface area contributed by atoms with E-state index in [9.17, 15) is 4.79 Å². The summed E-state index contributed by atoms with van der Waals surface area (Å²) in [5, 5.41) is 2.89. The van der Waals surface area contributed by atoms with Crippen LogP contribution in [0.2, 0.25) is 0 Å². The third-order valence-electron chi connectivity index (χ3n) is 4.19. The van der Waals surface area contributed by atoms with Gasteiger partial charge in [0.25, 0.3) is 0 Å². The second-order valence-electron chi connectivity index (χ2n) is 7.36. The van der Waals surface area contributed by atoms with Gasteiger partial charge in [0, 0.05) is 17.3 Å². The molecular formula is C21H24N4OS. The van der Waals surface area contributed by atoms with Crippen molar-refractivity contribution in [3.8, 4) is 5.82 Å². The van der Waals surface area contributed by atoms with E-state index in [0.717, 1.165) is 16.5 Å². The Balaban J connectivity index is 1.54. The molecule has 1 aromatic carbocycles. The maximum absolute atomic E-state index is 12.2. The maximum Gasteiger partial charge on any atom is 0.234 e. The van der Waals surface area contributed by atoms with Gasteiger partial charge in [-0.05, 0) is 42.2 Å². The molecule has 2 aromatic heterocycles. The normalized spacial score (nSPS) is 11.4. The molecule has 0 aliphatic carbocycles. The molecule has 0 saturated heterocycles. The van der Waals surface area contributed by atoms with Crippen LogP contribution < -0.4 is 5.32 Å². The van der Waals surface area contributed by atoms with Crippen LogP contribution in [0, 0.1) is 6.92 Å². The molecule has 0 radical (unpaired) electrons. The van der Waals surface area contributed by atoms with Crippen molar-refractivity contribution in [3.63, 3.8) is 0 Å². The van der Waals surface area contributed by atoms with Crippen LogP contribution in [-0.2, 0) is 10.2 Å². The zero-order valence-corrected chi connectivity index (χ0v) is 16.9. The van der Waals surface area contributed by atoms with Gasteiger partial charge in [-0.25, -0.2) is 9.97 Å². The first-order chi connectivity index (χ1) is 12.8. The average molecular weight is 381 g/mol. The number of aryl methyl sites for hydroxylation is 1. The van der Waals surface area contributed by atoms with Gasteiger partial charge in [-0.15, -0.1) is 11.8 Å². The lowest BCUT2D eigenvalue weighted by Gasteiger charge is -2.19. The molecule has 0 aliphatic heterocycles. The van der Waals surface area contributed by atoms with Crippen LogP contribution >= 0.6 is 11.8 Å². The molecule has 0 saturated carbocycles. The van der Waals surface area contributed by atoms with E-state index in [1.807, 2.05) is 29.8 Å². The summed E-state index contributed by atoms with van der Waals surface area (Å²) < 4.78 is 1.89. The lowest BCUT2D eigenvalue weighted by molar-refractivity contribution is -0.113. The summed E-state index contributed by atoms with van der Waals surface area (Å²) in [5.41, 5.74) is 2.11. The number of carbonyl (C=O) groups excluding carboxylic acids is 1. The van der Waals surface area contributed by atoms with Crippen molar-refractivity contribution in [2.75, 3.05) is 11.1 Å². The topological polar surface area (TPSA) is 59.8 Å². The first-order valence-corrected chi connectivity index (χ1v) is 9.81. The number of thioether (sulfide) groups is 1. The third kappa shape index (κ3) is 4.98. The Bertz CT molecular complexity index is 909. The minimum Gasteiger partial charge on any atom is -0.324 e. The van der Waals surface area contributed by atoms with Crippen LogP contribution in [0.5, 0.6) is 0 Å². The van der Waals surface area contributed by atoms with Crippen molar-refractivity contribution in [2.24, 2.45) is 0 Å². The van der Waals surface area contributed by atoms with E-state index in [1.54, 1.807) is 12.4 Å². The number of amides is 1. The number of imidazole rings is 1. The van der Waals surface area contributed by atoms with Crippen LogP contribution in [0.15, 0.2) is 59.9 Å². The largest absolute Gasteiger partial charge is 0.324 e. The quantitative estimate of drug-likeness (QED) is 0.657. The van der Waals surface area contributed by atoms with E-state index in [0.29, 0.717) is 11.4 Å². The highest BCUT2D eigenvalue weighted by Crippen LogP contribution is 2.25. The lowest BCUT2D eigenvalue weighted by atomic mass is 9.87. The summed E-state index contributed by atoms with van der Waals surface area (Å²) in [6, 6.07) is 12.1. The van der Waals surface area contributed by atoms with Crippen molar-refractivity contribution < 1.29 is 4.79 Å². The molecule has 0 unspecified atom stereocenters. The summed E-state index contributed by atoms with van der Waals surface area (Å²) in [6.45, 7) is 8.49. The van der Waals surface area contributed by atoms with Crippen molar-refractivity contribution in [3.05, 3.63) is 66.4 Å². The SMILES string of the molecule is Cc1nccn1-c1ccc(NC(=O)CSc2ccc(C(C)(C)C)cc2)cn1. The lowest BCUT2D eigenvalue weighted by Crippen LogP contribution is -2.14. The molecule has 0 aliphatic rings. The summed E-state index contributed by atoms with van der Waals surface area (Å²) in [4.78, 5) is 21.9. The monoisotopic (exact) mass is 380 g/mol. The Morgan fingerprint density at radius 3 is 2.41 bits per heavy atom. The number of nitrogens with zero attached hydrogens (tertiary/aromatic N) is 3. The van der Waals surface area contributed by atoms with Crippen molar-refractivity contribution in [1.82, 2.24) is 14.5 Å². The van der Waals surface area contributed by atoms with Gasteiger partial charge in [0.2, 0.25) is 5.91 Å². The van der Waals surface area contributed by atoms with Crippen LogP contribution in [0.3, 0.4) is 0 Å². The van der Waals surface area contributed by atoms with Gasteiger partial charge in [-0.2, -0.15) is 0 Å². The van der Waals surface area contributed by atoms with Crippen molar-refractivity contribution >= 4 is 23.4 Å². The predicted molar refractivity (Wildman–Crippen MR) is 111 cm³/mol. The van der Waals surface area contributed by atoms with Gasteiger partial charge < -0.3 is 5.32 Å². The van der Waals surface area contributed by atoms with Gasteiger partial charge in [0.15, 0.2) is 0 Å². The fraction of sp³-hybridized carbons (Fsp3) is 0.286. The molecule has 0 spiro atoms. The molecule has 3 rings (SSSR count). The minimum absolute atomic E-state index is 0.0479. The van der Waals surface area contributed by atoms with E-state index in [-0.39, 0.29) is 11.3 Å². The molecule has 6 heteroatoms. The summed E-state index contributed by atoms with van der Waals surface area (Å²) in [6.07, 6.45) is 5.25. The van der Waals surface area contributed by atoms with Crippen LogP contribution in [0.1, 0.15) is 32.2 Å². The molecule has 1 amide bonds. The summed E-state index contributed by atoms with van der Waals surface area (Å²) in [7, 11) is 0. The fourth-order valence-electron chi connectivity index (χ4n) is 2.62. The molecule has 2 heterocycles. The summed E-state index contributed by atoms with van der Waals surface area (Å²) in [5.74, 6) is 1.95. The molecular weight excluding hydrogens is 356 g/mol. The number of benzene rings is 1. The third-order valence-corrected chi connectivity index (χ3v) is 5.21. The van der Waals surface area contributed by atoms with E-state index < -0.39 is 0 Å². The molecule has 5 nitrogen and oxygen atoms in total. The van der Waals surface area contributed by atoms with Crippen LogP contribution in [-0.4, -0.2) is 26.2 Å². The molecule has 0 bridgehead atoms. The number of nitrogens with one attached hydrogen (secondary N) is 1. The molecule has 27 heavy (non-hydrogen) atoms. The minimum atomic E-state index is -0.0479. The highest BCUT2D eigenvalue weighted by molar-refractivity contribution is 8.00. The number of hydrogen-bond donors (Lipinski definition) is 1. The smallest absolute Gasteiger partial charge is 0.234 e. The molecule has 1 N–H and O–H groups in total. The van der Waals surface area contributed by atoms with E-state index in [2.05, 4.69) is 60.3 Å². The number of pyridine rings is 1. The van der Waals surface area contributed by atoms with Gasteiger partial charge in [0.1, 0.15) is 11.6 Å². The van der Waals surface area contributed by atoms with E-state index in [4.69, 9.17) is 0 Å². The van der Waals surface area contributed by atoms with Crippen molar-refractivity contribution in [1.29, 1.82) is 0 Å². The number of carbonyl (C=O) groups is 1. The first-order valence-electron chi connectivity index (χ1n) is 8.82. The maximum atomic E-state index is 12.2. The van der Waals surface area contributed by atoms with Gasteiger partial charge in [0.05, 0.1) is 17.6 Å². The Kier molecular flexibility index (Phi) is 5.65. The predicted octanol–water partition coefficient (Wildman–Crippen LogP) is 4.60. The molecule has 3 aromatic rings. The van der Waals surface area contributed by atoms with Crippen LogP contribution in [0.25, 0.3) is 5.82 Å². The van der Waals surface area contributed by atoms with Gasteiger partial charge >= 0.3 is 0 Å². The zero-order chi connectivity index (χ0) is 19.4. The highest BCUT2D eigenvalue weighted by Gasteiger charge is 2.13. The second kappa shape index (κ2) is 7.96. The van der Waals surface area contributed by atoms with Gasteiger partial charge in [-0.1, -0.05) is 32.9 Å². The summed E-state index contributed by atoms with van der Waals surface area (Å²) >= 11 is 1.53. The number of anilines is 1. The Hall–Kier alpha value is -2.60. The first kappa shape index (κ1) is 19.2. The second-order valence-corrected chi connectivity index (χ2v) is 8.41. The molecule has 0 fully saturated rings. The van der Waals surface area contributed by atoms with Crippen molar-refractivity contribution in [2.45, 2.75) is 38.0 Å². The molecule has 140 valence electrons. The fourth-order valence-corrected chi connectivity index (χ4v) is 3.32. The number of aromatic nitrogens is 3. The average Bonchev–Trinajstić information content (AvgIpc) is 3.06. The standard InChI is InChI=1S/C21H24N4OS/c1-15-22-11-12-25(15)19-10-7-17(13-23-19)24-20(26)14-27-18-8-5-16(6-9-18)21(2,3)4/h5-13H,14H2,1-4H3,(H,24,26). The van der Waals surface area contributed by atoms with E-state index in [1.165, 1.54) is 17.3 Å². The van der Waals surface area contributed by atoms with Gasteiger partial charge in [-0.3, -0.25) is 9.36 Å². The number of hydrogen-bond acceptors (Lipinski definition) is 4. The zero-order valence-electron chi connectivity index (χ0n) is 16.1. The Morgan fingerprint density at radius 1 is 1.11 bits per heavy atom. The van der Waals surface area contributed by atoms with Crippen LogP contribution in [0.4, 0.5) is 5.69 Å². The highest BCUT2D eigenvalue weighted by atomic mass is 32.2. The molecule has 0 atom stereocenters. The van der Waals surface area contributed by atoms with E-state index >= 15 is 0 Å². The Morgan fingerprint density at radius 2 is 1.85 bits per heavy atom. The number of rotatable bonds is 5.